The maximum atomic E-state index is 8.53. The van der Waals surface area contributed by atoms with Crippen LogP contribution in [0.3, 0.4) is 0 Å². The van der Waals surface area contributed by atoms with E-state index in [0.29, 0.717) is 0 Å². The molecule has 1 aromatic rings. The summed E-state index contributed by atoms with van der Waals surface area (Å²) >= 11 is 11.8. The van der Waals surface area contributed by atoms with Crippen LogP contribution in [0.25, 0.3) is 0 Å². The van der Waals surface area contributed by atoms with E-state index in [2.05, 4.69) is 10.5 Å². The zero-order valence-corrected chi connectivity index (χ0v) is 9.05. The van der Waals surface area contributed by atoms with E-state index in [-0.39, 0.29) is 5.71 Å². The highest BCUT2D eigenvalue weighted by molar-refractivity contribution is 6.59. The number of oxime groups is 1. The van der Waals surface area contributed by atoms with E-state index >= 15 is 0 Å². The summed E-state index contributed by atoms with van der Waals surface area (Å²) in [6.07, 6.45) is 0. The van der Waals surface area contributed by atoms with Crippen LogP contribution >= 0.6 is 23.2 Å². The second kappa shape index (κ2) is 4.53. The molecule has 0 radical (unpaired) electrons. The fraction of sp³-hybridized carbons (Fsp3) is 0.222. The molecule has 14 heavy (non-hydrogen) atoms. The van der Waals surface area contributed by atoms with Crippen LogP contribution in [0, 0.1) is 0 Å². The first kappa shape index (κ1) is 11.1. The van der Waals surface area contributed by atoms with E-state index in [1.54, 1.807) is 0 Å². The third kappa shape index (κ3) is 2.79. The van der Waals surface area contributed by atoms with Gasteiger partial charge in [-0.1, -0.05) is 46.6 Å². The molecule has 0 aliphatic carbocycles. The number of alkyl halides is 2. The van der Waals surface area contributed by atoms with Gasteiger partial charge in [-0.3, -0.25) is 0 Å². The second-order valence-electron chi connectivity index (χ2n) is 2.75. The Morgan fingerprint density at radius 1 is 1.36 bits per heavy atom. The molecule has 0 aromatic heterocycles. The molecule has 0 saturated heterocycles. The van der Waals surface area contributed by atoms with Gasteiger partial charge in [0.2, 0.25) is 4.46 Å². The topological polar surface area (TPSA) is 44.6 Å². The summed E-state index contributed by atoms with van der Waals surface area (Å²) in [5, 5.41) is 14.3. The lowest BCUT2D eigenvalue weighted by Gasteiger charge is -2.20. The SMILES string of the molecule is CC(=NO)C(Cl)(Cl)Nc1ccccc1. The summed E-state index contributed by atoms with van der Waals surface area (Å²) in [5.74, 6) is 0. The maximum absolute atomic E-state index is 8.53. The van der Waals surface area contributed by atoms with Crippen molar-refractivity contribution in [2.75, 3.05) is 5.32 Å². The fourth-order valence-corrected chi connectivity index (χ4v) is 1.15. The van der Waals surface area contributed by atoms with Gasteiger partial charge < -0.3 is 10.5 Å². The second-order valence-corrected chi connectivity index (χ2v) is 4.08. The van der Waals surface area contributed by atoms with Crippen molar-refractivity contribution < 1.29 is 5.21 Å². The molecule has 1 rings (SSSR count). The third-order valence-corrected chi connectivity index (χ3v) is 2.42. The number of hydrogen-bond donors (Lipinski definition) is 2. The Hall–Kier alpha value is -0.930. The van der Waals surface area contributed by atoms with Crippen molar-refractivity contribution in [3.63, 3.8) is 0 Å². The average Bonchev–Trinajstić information content (AvgIpc) is 2.17. The first-order valence-corrected chi connectivity index (χ1v) is 4.72. The van der Waals surface area contributed by atoms with Crippen LogP contribution in [0.4, 0.5) is 5.69 Å². The summed E-state index contributed by atoms with van der Waals surface area (Å²) in [6, 6.07) is 9.19. The lowest BCUT2D eigenvalue weighted by molar-refractivity contribution is 0.317. The number of halogens is 2. The van der Waals surface area contributed by atoms with Crippen LogP contribution in [0.5, 0.6) is 0 Å². The van der Waals surface area contributed by atoms with Gasteiger partial charge in [0.05, 0.1) is 0 Å². The number of nitrogens with one attached hydrogen (secondary N) is 1. The Kier molecular flexibility index (Phi) is 3.61. The maximum Gasteiger partial charge on any atom is 0.230 e. The molecule has 0 aliphatic heterocycles. The predicted molar refractivity (Wildman–Crippen MR) is 59.4 cm³/mol. The summed E-state index contributed by atoms with van der Waals surface area (Å²) in [4.78, 5) is 0. The number of anilines is 1. The van der Waals surface area contributed by atoms with E-state index in [0.717, 1.165) is 5.69 Å². The van der Waals surface area contributed by atoms with Gasteiger partial charge in [-0.15, -0.1) is 0 Å². The number of para-hydroxylation sites is 1. The Morgan fingerprint density at radius 3 is 2.43 bits per heavy atom. The predicted octanol–water partition coefficient (Wildman–Crippen LogP) is 3.08. The number of benzene rings is 1. The summed E-state index contributed by atoms with van der Waals surface area (Å²) in [5.41, 5.74) is 0.935. The number of hydrogen-bond acceptors (Lipinski definition) is 3. The molecule has 0 unspecified atom stereocenters. The molecule has 5 heteroatoms. The van der Waals surface area contributed by atoms with Crippen LogP contribution in [0.15, 0.2) is 35.5 Å². The minimum atomic E-state index is -1.39. The quantitative estimate of drug-likeness (QED) is 0.277. The van der Waals surface area contributed by atoms with Crippen molar-refractivity contribution in [1.82, 2.24) is 0 Å². The molecule has 76 valence electrons. The van der Waals surface area contributed by atoms with Gasteiger partial charge in [0.25, 0.3) is 0 Å². The van der Waals surface area contributed by atoms with Gasteiger partial charge in [-0.25, -0.2) is 0 Å². The Labute approximate surface area is 92.3 Å². The lowest BCUT2D eigenvalue weighted by atomic mass is 10.3. The minimum Gasteiger partial charge on any atom is -0.411 e. The molecular formula is C9H10Cl2N2O. The van der Waals surface area contributed by atoms with Gasteiger partial charge in [0.1, 0.15) is 5.71 Å². The molecule has 0 amide bonds. The Balaban J connectivity index is 2.79. The monoisotopic (exact) mass is 232 g/mol. The smallest absolute Gasteiger partial charge is 0.230 e. The molecule has 0 bridgehead atoms. The Bertz CT molecular complexity index is 325. The van der Waals surface area contributed by atoms with Gasteiger partial charge in [-0.2, -0.15) is 0 Å². The van der Waals surface area contributed by atoms with Crippen LogP contribution in [0.1, 0.15) is 6.92 Å². The molecule has 0 spiro atoms. The lowest BCUT2D eigenvalue weighted by Crippen LogP contribution is -2.33. The van der Waals surface area contributed by atoms with Crippen LogP contribution in [-0.4, -0.2) is 15.4 Å². The van der Waals surface area contributed by atoms with Gasteiger partial charge in [-0.05, 0) is 19.1 Å². The summed E-state index contributed by atoms with van der Waals surface area (Å²) < 4.78 is -1.39. The van der Waals surface area contributed by atoms with Crippen molar-refractivity contribution >= 4 is 34.6 Å². The van der Waals surface area contributed by atoms with E-state index < -0.39 is 4.46 Å². The van der Waals surface area contributed by atoms with E-state index in [1.807, 2.05) is 30.3 Å². The van der Waals surface area contributed by atoms with Crippen molar-refractivity contribution in [2.45, 2.75) is 11.4 Å². The van der Waals surface area contributed by atoms with Gasteiger partial charge >= 0.3 is 0 Å². The third-order valence-electron chi connectivity index (χ3n) is 1.68. The van der Waals surface area contributed by atoms with E-state index in [1.165, 1.54) is 6.92 Å². The van der Waals surface area contributed by atoms with Crippen molar-refractivity contribution in [3.05, 3.63) is 30.3 Å². The van der Waals surface area contributed by atoms with Crippen molar-refractivity contribution in [2.24, 2.45) is 5.16 Å². The van der Waals surface area contributed by atoms with E-state index in [4.69, 9.17) is 28.4 Å². The fourth-order valence-electron chi connectivity index (χ4n) is 0.856. The first-order chi connectivity index (χ1) is 6.56. The normalized spacial score (nSPS) is 12.6. The molecule has 0 atom stereocenters. The van der Waals surface area contributed by atoms with Crippen LogP contribution in [0.2, 0.25) is 0 Å². The van der Waals surface area contributed by atoms with Crippen LogP contribution in [-0.2, 0) is 0 Å². The molecule has 0 saturated carbocycles. The van der Waals surface area contributed by atoms with Gasteiger partial charge in [0.15, 0.2) is 0 Å². The highest BCUT2D eigenvalue weighted by atomic mass is 35.5. The molecule has 2 N–H and O–H groups in total. The number of rotatable bonds is 3. The largest absolute Gasteiger partial charge is 0.411 e. The summed E-state index contributed by atoms with van der Waals surface area (Å²) in [7, 11) is 0. The van der Waals surface area contributed by atoms with E-state index in [9.17, 15) is 0 Å². The standard InChI is InChI=1S/C9H10Cl2N2O/c1-7(13-14)9(10,11)12-8-5-3-2-4-6-8/h2-6,12,14H,1H3. The molecular weight excluding hydrogens is 223 g/mol. The number of nitrogens with zero attached hydrogens (tertiary/aromatic N) is 1. The van der Waals surface area contributed by atoms with Crippen molar-refractivity contribution in [1.29, 1.82) is 0 Å². The zero-order valence-electron chi connectivity index (χ0n) is 7.54. The Morgan fingerprint density at radius 2 is 1.93 bits per heavy atom. The molecule has 0 fully saturated rings. The van der Waals surface area contributed by atoms with Crippen molar-refractivity contribution in [3.8, 4) is 0 Å². The highest BCUT2D eigenvalue weighted by Crippen LogP contribution is 2.25. The highest BCUT2D eigenvalue weighted by Gasteiger charge is 2.28. The average molecular weight is 233 g/mol. The first-order valence-electron chi connectivity index (χ1n) is 3.96. The summed E-state index contributed by atoms with van der Waals surface area (Å²) in [6.45, 7) is 1.52. The molecule has 3 nitrogen and oxygen atoms in total. The van der Waals surface area contributed by atoms with Crippen LogP contribution < -0.4 is 5.32 Å². The molecule has 0 aliphatic rings. The molecule has 1 aromatic carbocycles. The zero-order chi connectivity index (χ0) is 10.6. The minimum absolute atomic E-state index is 0.185. The molecule has 0 heterocycles. The van der Waals surface area contributed by atoms with Gasteiger partial charge in [0, 0.05) is 5.69 Å².